The van der Waals surface area contributed by atoms with E-state index in [9.17, 15) is 0 Å². The maximum absolute atomic E-state index is 5.45. The summed E-state index contributed by atoms with van der Waals surface area (Å²) in [4.78, 5) is 8.12. The molecule has 0 saturated carbocycles. The van der Waals surface area contributed by atoms with Crippen LogP contribution in [0.2, 0.25) is 0 Å². The predicted octanol–water partition coefficient (Wildman–Crippen LogP) is 6.40. The van der Waals surface area contributed by atoms with Crippen LogP contribution >= 0.6 is 0 Å². The Hall–Kier alpha value is -3.49. The van der Waals surface area contributed by atoms with Crippen molar-refractivity contribution in [3.05, 3.63) is 144 Å². The number of nitrogens with zero attached hydrogens (tertiary/aromatic N) is 2. The van der Waals surface area contributed by atoms with Crippen molar-refractivity contribution in [2.75, 3.05) is 0 Å². The van der Waals surface area contributed by atoms with Crippen molar-refractivity contribution < 1.29 is 0 Å². The summed E-state index contributed by atoms with van der Waals surface area (Å²) in [6.07, 6.45) is 0. The van der Waals surface area contributed by atoms with E-state index >= 15 is 0 Å². The maximum Gasteiger partial charge on any atom is 0.0950 e. The fraction of sp³-hybridized carbons (Fsp3) is 0.138. The molecule has 0 spiro atoms. The Labute approximate surface area is 183 Å². The zero-order valence-electron chi connectivity index (χ0n) is 17.3. The summed E-state index contributed by atoms with van der Waals surface area (Å²) < 4.78 is 0. The Balaban J connectivity index is 1.54. The Kier molecular flexibility index (Phi) is 4.51. The van der Waals surface area contributed by atoms with Gasteiger partial charge in [-0.1, -0.05) is 121 Å². The van der Waals surface area contributed by atoms with Crippen molar-refractivity contribution in [1.29, 1.82) is 0 Å². The first-order chi connectivity index (χ1) is 15.4. The van der Waals surface area contributed by atoms with E-state index in [1.54, 1.807) is 0 Å². The molecule has 2 heteroatoms. The largest absolute Gasteiger partial charge is 0.277 e. The van der Waals surface area contributed by atoms with Crippen molar-refractivity contribution in [1.82, 2.24) is 4.90 Å². The summed E-state index contributed by atoms with van der Waals surface area (Å²) >= 11 is 0. The second-order valence-corrected chi connectivity index (χ2v) is 8.34. The van der Waals surface area contributed by atoms with Gasteiger partial charge in [0.2, 0.25) is 0 Å². The number of fused-ring (bicyclic) bond motifs is 1. The Morgan fingerprint density at radius 1 is 0.452 bits per heavy atom. The SMILES string of the molecule is c1ccc(C2=NC(c3ccccc3)C(c3ccccc3)N3C2C3c2ccccc2)cc1. The first-order valence-corrected chi connectivity index (χ1v) is 11.0. The number of hydrogen-bond acceptors (Lipinski definition) is 2. The average molecular weight is 401 g/mol. The monoisotopic (exact) mass is 400 g/mol. The van der Waals surface area contributed by atoms with E-state index in [4.69, 9.17) is 4.99 Å². The first kappa shape index (κ1) is 18.3. The van der Waals surface area contributed by atoms with E-state index in [1.807, 2.05) is 0 Å². The minimum absolute atomic E-state index is 0.0590. The molecule has 5 unspecified atom stereocenters. The molecule has 2 nitrogen and oxygen atoms in total. The van der Waals surface area contributed by atoms with Crippen LogP contribution < -0.4 is 0 Å². The minimum atomic E-state index is 0.0590. The van der Waals surface area contributed by atoms with Crippen LogP contribution in [0.15, 0.2) is 126 Å². The van der Waals surface area contributed by atoms with Crippen LogP contribution in [0.3, 0.4) is 0 Å². The summed E-state index contributed by atoms with van der Waals surface area (Å²) in [7, 11) is 0. The molecule has 4 aromatic rings. The lowest BCUT2D eigenvalue weighted by Crippen LogP contribution is -2.29. The van der Waals surface area contributed by atoms with Gasteiger partial charge >= 0.3 is 0 Å². The highest BCUT2D eigenvalue weighted by Gasteiger charge is 2.59. The molecular formula is C29H24N2. The highest BCUT2D eigenvalue weighted by molar-refractivity contribution is 6.07. The van der Waals surface area contributed by atoms with Gasteiger partial charge in [-0.05, 0) is 22.3 Å². The molecule has 2 aliphatic rings. The van der Waals surface area contributed by atoms with E-state index in [-0.39, 0.29) is 12.1 Å². The van der Waals surface area contributed by atoms with Gasteiger partial charge in [-0.2, -0.15) is 0 Å². The zero-order valence-corrected chi connectivity index (χ0v) is 17.3. The van der Waals surface area contributed by atoms with Gasteiger partial charge in [0.05, 0.1) is 29.9 Å². The molecule has 0 bridgehead atoms. The third-order valence-corrected chi connectivity index (χ3v) is 6.52. The number of aliphatic imine (C=N–C) groups is 1. The fourth-order valence-corrected chi connectivity index (χ4v) is 5.12. The predicted molar refractivity (Wildman–Crippen MR) is 126 cm³/mol. The molecule has 2 heterocycles. The minimum Gasteiger partial charge on any atom is -0.277 e. The molecule has 0 aromatic heterocycles. The van der Waals surface area contributed by atoms with E-state index in [0.29, 0.717) is 12.1 Å². The number of rotatable bonds is 4. The van der Waals surface area contributed by atoms with Gasteiger partial charge in [0.25, 0.3) is 0 Å². The summed E-state index contributed by atoms with van der Waals surface area (Å²) in [6.45, 7) is 0. The summed E-state index contributed by atoms with van der Waals surface area (Å²) in [5.41, 5.74) is 6.39. The van der Waals surface area contributed by atoms with Crippen molar-refractivity contribution in [2.24, 2.45) is 4.99 Å². The molecule has 150 valence electrons. The van der Waals surface area contributed by atoms with Crippen LogP contribution in [-0.2, 0) is 0 Å². The van der Waals surface area contributed by atoms with Gasteiger partial charge in [0.15, 0.2) is 0 Å². The normalized spacial score (nSPS) is 26.6. The molecule has 6 rings (SSSR count). The maximum atomic E-state index is 5.45. The third kappa shape index (κ3) is 3.20. The topological polar surface area (TPSA) is 15.4 Å². The van der Waals surface area contributed by atoms with E-state index in [0.717, 1.165) is 0 Å². The molecule has 0 amide bonds. The molecule has 0 radical (unpaired) electrons. The fourth-order valence-electron chi connectivity index (χ4n) is 5.12. The smallest absolute Gasteiger partial charge is 0.0950 e. The summed E-state index contributed by atoms with van der Waals surface area (Å²) in [5, 5.41) is 0. The molecule has 1 fully saturated rings. The van der Waals surface area contributed by atoms with Crippen molar-refractivity contribution in [2.45, 2.75) is 24.2 Å². The number of benzene rings is 4. The van der Waals surface area contributed by atoms with E-state index in [1.165, 1.54) is 28.0 Å². The van der Waals surface area contributed by atoms with Crippen LogP contribution in [0.1, 0.15) is 40.4 Å². The molecule has 31 heavy (non-hydrogen) atoms. The van der Waals surface area contributed by atoms with Crippen LogP contribution in [0.25, 0.3) is 0 Å². The molecule has 0 N–H and O–H groups in total. The van der Waals surface area contributed by atoms with Crippen LogP contribution in [0, 0.1) is 0 Å². The molecule has 5 atom stereocenters. The quantitative estimate of drug-likeness (QED) is 0.362. The highest BCUT2D eigenvalue weighted by atomic mass is 15.4. The Morgan fingerprint density at radius 2 is 0.903 bits per heavy atom. The standard InChI is InChI=1S/C29H24N2/c1-5-13-21(14-6-1)25-27(23-17-9-3-10-18-23)31-28(24-19-11-4-12-20-24)29(31)26(30-25)22-15-7-2-8-16-22/h1-20,25,27-29H. The van der Waals surface area contributed by atoms with Gasteiger partial charge in [0, 0.05) is 0 Å². The molecular weight excluding hydrogens is 376 g/mol. The second-order valence-electron chi connectivity index (χ2n) is 8.34. The van der Waals surface area contributed by atoms with Crippen LogP contribution in [0.4, 0.5) is 0 Å². The van der Waals surface area contributed by atoms with E-state index < -0.39 is 0 Å². The second kappa shape index (κ2) is 7.64. The highest BCUT2D eigenvalue weighted by Crippen LogP contribution is 2.58. The molecule has 2 aliphatic heterocycles. The molecule has 0 aliphatic carbocycles. The van der Waals surface area contributed by atoms with Gasteiger partial charge in [-0.15, -0.1) is 0 Å². The Morgan fingerprint density at radius 3 is 1.45 bits per heavy atom. The summed E-state index contributed by atoms with van der Waals surface area (Å²) in [5.74, 6) is 0. The lowest BCUT2D eigenvalue weighted by atomic mass is 9.91. The lowest BCUT2D eigenvalue weighted by molar-refractivity contribution is 0.311. The van der Waals surface area contributed by atoms with Gasteiger partial charge in [-0.25, -0.2) is 0 Å². The van der Waals surface area contributed by atoms with Crippen LogP contribution in [0.5, 0.6) is 0 Å². The molecule has 1 saturated heterocycles. The van der Waals surface area contributed by atoms with Gasteiger partial charge < -0.3 is 0 Å². The summed E-state index contributed by atoms with van der Waals surface area (Å²) in [6, 6.07) is 44.2. The first-order valence-electron chi connectivity index (χ1n) is 11.0. The van der Waals surface area contributed by atoms with Crippen molar-refractivity contribution >= 4 is 5.71 Å². The number of hydrogen-bond donors (Lipinski definition) is 0. The molecule has 4 aromatic carbocycles. The van der Waals surface area contributed by atoms with E-state index in [2.05, 4.69) is 126 Å². The Bertz CT molecular complexity index is 1190. The van der Waals surface area contributed by atoms with Crippen LogP contribution in [-0.4, -0.2) is 16.7 Å². The lowest BCUT2D eigenvalue weighted by Gasteiger charge is -2.32. The van der Waals surface area contributed by atoms with Gasteiger partial charge in [-0.3, -0.25) is 9.89 Å². The van der Waals surface area contributed by atoms with Crippen molar-refractivity contribution in [3.63, 3.8) is 0 Å². The third-order valence-electron chi connectivity index (χ3n) is 6.52. The van der Waals surface area contributed by atoms with Crippen molar-refractivity contribution in [3.8, 4) is 0 Å². The zero-order chi connectivity index (χ0) is 20.6. The average Bonchev–Trinajstić information content (AvgIpc) is 3.61. The van der Waals surface area contributed by atoms with Gasteiger partial charge in [0.1, 0.15) is 0 Å².